The normalized spacial score (nSPS) is 19.4. The Balaban J connectivity index is 1.74. The zero-order valence-electron chi connectivity index (χ0n) is 15.6. The lowest BCUT2D eigenvalue weighted by Crippen LogP contribution is -2.47. The van der Waals surface area contributed by atoms with Crippen molar-refractivity contribution in [3.63, 3.8) is 0 Å². The Hall–Kier alpha value is -3.24. The number of carbonyl (C=O) groups is 2. The molecule has 1 heterocycles. The van der Waals surface area contributed by atoms with Gasteiger partial charge in [0.2, 0.25) is 0 Å². The number of Topliss-reactive ketones (excluding diaryl/α,β-unsaturated/α-hetero) is 1. The van der Waals surface area contributed by atoms with Gasteiger partial charge in [0.1, 0.15) is 0 Å². The first-order valence-corrected chi connectivity index (χ1v) is 9.30. The lowest BCUT2D eigenvalue weighted by Gasteiger charge is -2.28. The SMILES string of the molecule is C[C@@H](C(=O)c1ccccc1)[C@]1(O)C(=O)N(Cc2ccccc2)c2ccccc21. The molecule has 1 N–H and O–H groups in total. The Morgan fingerprint density at radius 2 is 1.50 bits per heavy atom. The van der Waals surface area contributed by atoms with Crippen molar-refractivity contribution in [3.05, 3.63) is 102 Å². The Kier molecular flexibility index (Phi) is 4.57. The molecule has 0 unspecified atom stereocenters. The Bertz CT molecular complexity index is 1020. The van der Waals surface area contributed by atoms with Crippen LogP contribution >= 0.6 is 0 Å². The van der Waals surface area contributed by atoms with Crippen molar-refractivity contribution in [1.29, 1.82) is 0 Å². The minimum atomic E-state index is -1.89. The molecule has 1 aliphatic rings. The van der Waals surface area contributed by atoms with Crippen LogP contribution in [-0.4, -0.2) is 16.8 Å². The highest BCUT2D eigenvalue weighted by Gasteiger charge is 2.55. The van der Waals surface area contributed by atoms with Crippen LogP contribution in [-0.2, 0) is 16.9 Å². The first kappa shape index (κ1) is 18.1. The average Bonchev–Trinajstić information content (AvgIpc) is 2.97. The largest absolute Gasteiger partial charge is 0.375 e. The topological polar surface area (TPSA) is 57.6 Å². The summed E-state index contributed by atoms with van der Waals surface area (Å²) in [6.07, 6.45) is 0. The maximum absolute atomic E-state index is 13.4. The molecule has 2 atom stereocenters. The molecule has 0 saturated heterocycles. The lowest BCUT2D eigenvalue weighted by atomic mass is 9.79. The van der Waals surface area contributed by atoms with E-state index in [0.29, 0.717) is 23.4 Å². The van der Waals surface area contributed by atoms with Crippen LogP contribution in [0.25, 0.3) is 0 Å². The molecular formula is C24H21NO3. The highest BCUT2D eigenvalue weighted by Crippen LogP contribution is 2.46. The molecule has 0 bridgehead atoms. The molecular weight excluding hydrogens is 350 g/mol. The van der Waals surface area contributed by atoms with E-state index in [1.165, 1.54) is 0 Å². The second-order valence-corrected chi connectivity index (χ2v) is 7.11. The first-order valence-electron chi connectivity index (χ1n) is 9.30. The predicted octanol–water partition coefficient (Wildman–Crippen LogP) is 3.94. The van der Waals surface area contributed by atoms with Crippen molar-refractivity contribution < 1.29 is 14.7 Å². The number of rotatable bonds is 5. The van der Waals surface area contributed by atoms with Gasteiger partial charge in [-0.3, -0.25) is 9.59 Å². The van der Waals surface area contributed by atoms with E-state index in [0.717, 1.165) is 5.56 Å². The lowest BCUT2D eigenvalue weighted by molar-refractivity contribution is -0.139. The molecule has 0 saturated carbocycles. The van der Waals surface area contributed by atoms with Gasteiger partial charge in [0.25, 0.3) is 5.91 Å². The van der Waals surface area contributed by atoms with Crippen molar-refractivity contribution in [2.45, 2.75) is 19.1 Å². The van der Waals surface area contributed by atoms with Gasteiger partial charge in [-0.1, -0.05) is 85.8 Å². The van der Waals surface area contributed by atoms with Crippen molar-refractivity contribution in [3.8, 4) is 0 Å². The molecule has 3 aromatic rings. The van der Waals surface area contributed by atoms with E-state index in [2.05, 4.69) is 0 Å². The zero-order chi connectivity index (χ0) is 19.7. The third-order valence-corrected chi connectivity index (χ3v) is 5.44. The molecule has 140 valence electrons. The number of benzene rings is 3. The number of hydrogen-bond donors (Lipinski definition) is 1. The summed E-state index contributed by atoms with van der Waals surface area (Å²) < 4.78 is 0. The summed E-state index contributed by atoms with van der Waals surface area (Å²) in [5.74, 6) is -1.63. The molecule has 4 rings (SSSR count). The monoisotopic (exact) mass is 371 g/mol. The number of hydrogen-bond acceptors (Lipinski definition) is 3. The van der Waals surface area contributed by atoms with E-state index >= 15 is 0 Å². The minimum absolute atomic E-state index is 0.257. The van der Waals surface area contributed by atoms with E-state index < -0.39 is 17.4 Å². The number of para-hydroxylation sites is 1. The van der Waals surface area contributed by atoms with Gasteiger partial charge in [-0.15, -0.1) is 0 Å². The molecule has 0 spiro atoms. The molecule has 0 radical (unpaired) electrons. The number of fused-ring (bicyclic) bond motifs is 1. The van der Waals surface area contributed by atoms with Gasteiger partial charge in [0.05, 0.1) is 18.2 Å². The summed E-state index contributed by atoms with van der Waals surface area (Å²) in [5, 5.41) is 11.5. The van der Waals surface area contributed by atoms with Crippen LogP contribution in [0.4, 0.5) is 5.69 Å². The molecule has 1 aliphatic heterocycles. The maximum Gasteiger partial charge on any atom is 0.264 e. The van der Waals surface area contributed by atoms with Gasteiger partial charge in [-0.25, -0.2) is 0 Å². The van der Waals surface area contributed by atoms with Crippen LogP contribution in [0.1, 0.15) is 28.4 Å². The van der Waals surface area contributed by atoms with E-state index in [-0.39, 0.29) is 5.78 Å². The number of ketones is 1. The smallest absolute Gasteiger partial charge is 0.264 e. The van der Waals surface area contributed by atoms with Gasteiger partial charge in [-0.05, 0) is 11.6 Å². The van der Waals surface area contributed by atoms with Crippen molar-refractivity contribution >= 4 is 17.4 Å². The van der Waals surface area contributed by atoms with Crippen LogP contribution < -0.4 is 4.90 Å². The van der Waals surface area contributed by atoms with Gasteiger partial charge >= 0.3 is 0 Å². The van der Waals surface area contributed by atoms with Gasteiger partial charge in [0, 0.05) is 11.1 Å². The van der Waals surface area contributed by atoms with E-state index in [1.54, 1.807) is 48.2 Å². The Morgan fingerprint density at radius 3 is 2.18 bits per heavy atom. The van der Waals surface area contributed by atoms with Gasteiger partial charge < -0.3 is 10.0 Å². The Labute approximate surface area is 164 Å². The first-order chi connectivity index (χ1) is 13.5. The molecule has 1 amide bonds. The number of anilines is 1. The second-order valence-electron chi connectivity index (χ2n) is 7.11. The minimum Gasteiger partial charge on any atom is -0.375 e. The summed E-state index contributed by atoms with van der Waals surface area (Å²) in [6.45, 7) is 1.96. The summed E-state index contributed by atoms with van der Waals surface area (Å²) >= 11 is 0. The van der Waals surface area contributed by atoms with E-state index in [1.807, 2.05) is 48.5 Å². The number of carbonyl (C=O) groups excluding carboxylic acids is 2. The second kappa shape index (κ2) is 7.06. The summed E-state index contributed by atoms with van der Waals surface area (Å²) in [4.78, 5) is 28.0. The fourth-order valence-electron chi connectivity index (χ4n) is 3.85. The summed E-state index contributed by atoms with van der Waals surface area (Å²) in [6, 6.07) is 25.6. The number of nitrogens with zero attached hydrogens (tertiary/aromatic N) is 1. The average molecular weight is 371 g/mol. The van der Waals surface area contributed by atoms with Crippen LogP contribution in [0.5, 0.6) is 0 Å². The third-order valence-electron chi connectivity index (χ3n) is 5.44. The van der Waals surface area contributed by atoms with Gasteiger partial charge in [0.15, 0.2) is 11.4 Å². The van der Waals surface area contributed by atoms with Crippen LogP contribution in [0, 0.1) is 5.92 Å². The van der Waals surface area contributed by atoms with Crippen molar-refractivity contribution in [2.24, 2.45) is 5.92 Å². The standard InChI is InChI=1S/C24H21NO3/c1-17(22(26)19-12-6-3-7-13-19)24(28)20-14-8-9-15-21(20)25(23(24)27)16-18-10-4-2-5-11-18/h2-15,17,28H,16H2,1H3/t17-,24+/m0/s1. The van der Waals surface area contributed by atoms with Crippen LogP contribution in [0.15, 0.2) is 84.9 Å². The molecule has 3 aromatic carbocycles. The fourth-order valence-corrected chi connectivity index (χ4v) is 3.85. The molecule has 0 aromatic heterocycles. The molecule has 28 heavy (non-hydrogen) atoms. The van der Waals surface area contributed by atoms with Crippen molar-refractivity contribution in [1.82, 2.24) is 0 Å². The number of amides is 1. The highest BCUT2D eigenvalue weighted by atomic mass is 16.3. The van der Waals surface area contributed by atoms with Crippen LogP contribution in [0.2, 0.25) is 0 Å². The predicted molar refractivity (Wildman–Crippen MR) is 108 cm³/mol. The van der Waals surface area contributed by atoms with Crippen molar-refractivity contribution in [2.75, 3.05) is 4.90 Å². The molecule has 4 heteroatoms. The van der Waals surface area contributed by atoms with E-state index in [4.69, 9.17) is 0 Å². The molecule has 4 nitrogen and oxygen atoms in total. The van der Waals surface area contributed by atoms with Gasteiger partial charge in [-0.2, -0.15) is 0 Å². The molecule has 0 aliphatic carbocycles. The highest BCUT2D eigenvalue weighted by molar-refractivity contribution is 6.11. The van der Waals surface area contributed by atoms with E-state index in [9.17, 15) is 14.7 Å². The van der Waals surface area contributed by atoms with Crippen LogP contribution in [0.3, 0.4) is 0 Å². The summed E-state index contributed by atoms with van der Waals surface area (Å²) in [7, 11) is 0. The molecule has 0 fully saturated rings. The summed E-state index contributed by atoms with van der Waals surface area (Å²) in [5.41, 5.74) is 0.671. The fraction of sp³-hybridized carbons (Fsp3) is 0.167. The number of aliphatic hydroxyl groups is 1. The third kappa shape index (κ3) is 2.83. The quantitative estimate of drug-likeness (QED) is 0.691. The maximum atomic E-state index is 13.4. The Morgan fingerprint density at radius 1 is 0.929 bits per heavy atom. The zero-order valence-corrected chi connectivity index (χ0v) is 15.6.